The first-order chi connectivity index (χ1) is 6.75. The molecule has 0 bridgehead atoms. The molecule has 0 aromatic heterocycles. The quantitative estimate of drug-likeness (QED) is 0.677. The molecular formula is C13H25N. The van der Waals surface area contributed by atoms with Crippen LogP contribution >= 0.6 is 0 Å². The van der Waals surface area contributed by atoms with Crippen molar-refractivity contribution in [1.29, 1.82) is 0 Å². The fourth-order valence-corrected chi connectivity index (χ4v) is 3.89. The van der Waals surface area contributed by atoms with E-state index in [2.05, 4.69) is 19.2 Å². The van der Waals surface area contributed by atoms with E-state index in [0.717, 1.165) is 11.8 Å². The topological polar surface area (TPSA) is 12.0 Å². The fraction of sp³-hybridized carbons (Fsp3) is 1.00. The van der Waals surface area contributed by atoms with Crippen molar-refractivity contribution in [2.45, 2.75) is 52.4 Å². The van der Waals surface area contributed by atoms with E-state index < -0.39 is 0 Å². The summed E-state index contributed by atoms with van der Waals surface area (Å²) in [5.41, 5.74) is 0.685. The van der Waals surface area contributed by atoms with Gasteiger partial charge < -0.3 is 5.32 Å². The normalized spacial score (nSPS) is 39.2. The Bertz CT molecular complexity index is 178. The second-order valence-corrected chi connectivity index (χ2v) is 5.74. The minimum Gasteiger partial charge on any atom is -0.316 e. The van der Waals surface area contributed by atoms with Crippen LogP contribution in [-0.2, 0) is 0 Å². The van der Waals surface area contributed by atoms with Crippen LogP contribution in [0, 0.1) is 17.3 Å². The van der Waals surface area contributed by atoms with Crippen LogP contribution in [0.4, 0.5) is 0 Å². The summed E-state index contributed by atoms with van der Waals surface area (Å²) in [6, 6.07) is 0. The van der Waals surface area contributed by atoms with Crippen molar-refractivity contribution < 1.29 is 0 Å². The van der Waals surface area contributed by atoms with Gasteiger partial charge in [-0.2, -0.15) is 0 Å². The van der Waals surface area contributed by atoms with Crippen molar-refractivity contribution in [2.24, 2.45) is 17.3 Å². The Kier molecular flexibility index (Phi) is 3.16. The Hall–Kier alpha value is -0.0400. The van der Waals surface area contributed by atoms with Crippen LogP contribution in [0.25, 0.3) is 0 Å². The molecule has 1 aliphatic heterocycles. The first kappa shape index (κ1) is 10.5. The van der Waals surface area contributed by atoms with Crippen LogP contribution < -0.4 is 5.32 Å². The summed E-state index contributed by atoms with van der Waals surface area (Å²) in [5.74, 6) is 1.88. The lowest BCUT2D eigenvalue weighted by molar-refractivity contribution is 0.140. The first-order valence-electron chi connectivity index (χ1n) is 6.45. The molecule has 1 spiro atoms. The SMILES string of the molecule is CC(C)[C@H]1CCC[C@]12CCCCNC2. The molecule has 0 unspecified atom stereocenters. The third kappa shape index (κ3) is 1.84. The van der Waals surface area contributed by atoms with Crippen LogP contribution in [0.2, 0.25) is 0 Å². The van der Waals surface area contributed by atoms with Gasteiger partial charge in [-0.15, -0.1) is 0 Å². The van der Waals surface area contributed by atoms with Crippen molar-refractivity contribution >= 4 is 0 Å². The number of rotatable bonds is 1. The number of hydrogen-bond acceptors (Lipinski definition) is 1. The Balaban J connectivity index is 2.10. The van der Waals surface area contributed by atoms with E-state index >= 15 is 0 Å². The van der Waals surface area contributed by atoms with E-state index in [9.17, 15) is 0 Å². The molecule has 1 saturated carbocycles. The van der Waals surface area contributed by atoms with Gasteiger partial charge in [0.2, 0.25) is 0 Å². The number of nitrogens with one attached hydrogen (secondary N) is 1. The largest absolute Gasteiger partial charge is 0.316 e. The second kappa shape index (κ2) is 4.22. The predicted octanol–water partition coefficient (Wildman–Crippen LogP) is 3.20. The molecular weight excluding hydrogens is 170 g/mol. The standard InChI is InChI=1S/C13H25N/c1-11(2)12-6-5-8-13(12)7-3-4-9-14-10-13/h11-12,14H,3-10H2,1-2H3/t12-,13+/m1/s1. The minimum atomic E-state index is 0.685. The highest BCUT2D eigenvalue weighted by Gasteiger charge is 2.43. The average Bonchev–Trinajstić information content (AvgIpc) is 2.39. The molecule has 1 saturated heterocycles. The van der Waals surface area contributed by atoms with E-state index in [1.54, 1.807) is 0 Å². The van der Waals surface area contributed by atoms with Gasteiger partial charge in [0.05, 0.1) is 0 Å². The lowest BCUT2D eigenvalue weighted by Gasteiger charge is -2.37. The second-order valence-electron chi connectivity index (χ2n) is 5.74. The van der Waals surface area contributed by atoms with Gasteiger partial charge in [-0.3, -0.25) is 0 Å². The maximum atomic E-state index is 3.66. The lowest BCUT2D eigenvalue weighted by Crippen LogP contribution is -2.37. The van der Waals surface area contributed by atoms with Crippen molar-refractivity contribution in [1.82, 2.24) is 5.32 Å². The predicted molar refractivity (Wildman–Crippen MR) is 61.3 cm³/mol. The highest BCUT2D eigenvalue weighted by Crippen LogP contribution is 2.50. The van der Waals surface area contributed by atoms with Gasteiger partial charge in [0, 0.05) is 6.54 Å². The summed E-state index contributed by atoms with van der Waals surface area (Å²) in [6.07, 6.45) is 8.79. The van der Waals surface area contributed by atoms with Gasteiger partial charge in [0.25, 0.3) is 0 Å². The summed E-state index contributed by atoms with van der Waals surface area (Å²) in [4.78, 5) is 0. The summed E-state index contributed by atoms with van der Waals surface area (Å²) < 4.78 is 0. The molecule has 1 heterocycles. The van der Waals surface area contributed by atoms with Gasteiger partial charge in [-0.25, -0.2) is 0 Å². The fourth-order valence-electron chi connectivity index (χ4n) is 3.89. The van der Waals surface area contributed by atoms with Crippen LogP contribution in [0.1, 0.15) is 52.4 Å². The molecule has 2 rings (SSSR count). The van der Waals surface area contributed by atoms with E-state index in [1.165, 1.54) is 51.6 Å². The molecule has 0 amide bonds. The van der Waals surface area contributed by atoms with Gasteiger partial charge in [-0.05, 0) is 49.5 Å². The number of hydrogen-bond donors (Lipinski definition) is 1. The molecule has 2 aliphatic rings. The zero-order valence-electron chi connectivity index (χ0n) is 9.81. The Morgan fingerprint density at radius 1 is 1.14 bits per heavy atom. The molecule has 2 atom stereocenters. The third-order valence-electron chi connectivity index (χ3n) is 4.54. The zero-order chi connectivity index (χ0) is 10.0. The highest BCUT2D eigenvalue weighted by molar-refractivity contribution is 4.95. The Labute approximate surface area is 88.7 Å². The van der Waals surface area contributed by atoms with Crippen LogP contribution in [0.3, 0.4) is 0 Å². The van der Waals surface area contributed by atoms with Crippen molar-refractivity contribution in [2.75, 3.05) is 13.1 Å². The third-order valence-corrected chi connectivity index (χ3v) is 4.54. The molecule has 0 aromatic carbocycles. The average molecular weight is 195 g/mol. The van der Waals surface area contributed by atoms with E-state index in [4.69, 9.17) is 0 Å². The summed E-state index contributed by atoms with van der Waals surface area (Å²) in [5, 5.41) is 3.66. The molecule has 1 nitrogen and oxygen atoms in total. The molecule has 0 radical (unpaired) electrons. The first-order valence-corrected chi connectivity index (χ1v) is 6.45. The zero-order valence-corrected chi connectivity index (χ0v) is 9.81. The Morgan fingerprint density at radius 2 is 1.93 bits per heavy atom. The Morgan fingerprint density at radius 3 is 2.71 bits per heavy atom. The van der Waals surface area contributed by atoms with Crippen molar-refractivity contribution in [3.63, 3.8) is 0 Å². The van der Waals surface area contributed by atoms with Crippen LogP contribution in [-0.4, -0.2) is 13.1 Å². The monoisotopic (exact) mass is 195 g/mol. The molecule has 1 aliphatic carbocycles. The molecule has 82 valence electrons. The van der Waals surface area contributed by atoms with Gasteiger partial charge in [0.1, 0.15) is 0 Å². The van der Waals surface area contributed by atoms with E-state index in [-0.39, 0.29) is 0 Å². The molecule has 14 heavy (non-hydrogen) atoms. The van der Waals surface area contributed by atoms with Gasteiger partial charge in [-0.1, -0.05) is 26.7 Å². The van der Waals surface area contributed by atoms with Gasteiger partial charge >= 0.3 is 0 Å². The van der Waals surface area contributed by atoms with Crippen molar-refractivity contribution in [3.05, 3.63) is 0 Å². The maximum Gasteiger partial charge on any atom is 0.00106 e. The lowest BCUT2D eigenvalue weighted by atomic mass is 9.70. The minimum absolute atomic E-state index is 0.685. The van der Waals surface area contributed by atoms with Crippen molar-refractivity contribution in [3.8, 4) is 0 Å². The van der Waals surface area contributed by atoms with Crippen LogP contribution in [0.5, 0.6) is 0 Å². The summed E-state index contributed by atoms with van der Waals surface area (Å²) in [6.45, 7) is 7.40. The molecule has 1 N–H and O–H groups in total. The van der Waals surface area contributed by atoms with Gasteiger partial charge in [0.15, 0.2) is 0 Å². The summed E-state index contributed by atoms with van der Waals surface area (Å²) >= 11 is 0. The molecule has 0 aromatic rings. The molecule has 1 heteroatoms. The smallest absolute Gasteiger partial charge is 0.00106 e. The maximum absolute atomic E-state index is 3.66. The summed E-state index contributed by atoms with van der Waals surface area (Å²) in [7, 11) is 0. The van der Waals surface area contributed by atoms with E-state index in [1.807, 2.05) is 0 Å². The van der Waals surface area contributed by atoms with Crippen LogP contribution in [0.15, 0.2) is 0 Å². The molecule has 2 fully saturated rings. The highest BCUT2D eigenvalue weighted by atomic mass is 14.9. The van der Waals surface area contributed by atoms with E-state index in [0.29, 0.717) is 5.41 Å².